The molecule has 1 aliphatic carbocycles. The summed E-state index contributed by atoms with van der Waals surface area (Å²) in [7, 11) is 0. The van der Waals surface area contributed by atoms with Crippen molar-refractivity contribution in [1.29, 1.82) is 0 Å². The molecule has 0 aromatic rings. The molecule has 0 fully saturated rings. The third kappa shape index (κ3) is 1.29. The summed E-state index contributed by atoms with van der Waals surface area (Å²) in [5.74, 6) is 0. The van der Waals surface area contributed by atoms with E-state index in [1.54, 1.807) is 0 Å². The Morgan fingerprint density at radius 1 is 1.00 bits per heavy atom. The molecule has 0 aliphatic heterocycles. The molecule has 0 nitrogen and oxygen atoms in total. The Morgan fingerprint density at radius 2 is 1.31 bits per heavy atom. The lowest BCUT2D eigenvalue weighted by atomic mass is 9.48. The van der Waals surface area contributed by atoms with E-state index in [0.29, 0.717) is 0 Å². The molecule has 0 N–H and O–H groups in total. The van der Waals surface area contributed by atoms with Crippen LogP contribution in [0.3, 0.4) is 0 Å². The van der Waals surface area contributed by atoms with E-state index in [0.717, 1.165) is 0 Å². The van der Waals surface area contributed by atoms with E-state index in [1.165, 1.54) is 22.3 Å². The number of hydrogen-bond acceptors (Lipinski definition) is 0. The molecule has 0 saturated carbocycles. The lowest BCUT2D eigenvalue weighted by Crippen LogP contribution is -2.23. The number of hydrogen-bond donors (Lipinski definition) is 0. The van der Waals surface area contributed by atoms with Crippen molar-refractivity contribution in [3.05, 3.63) is 22.3 Å². The van der Waals surface area contributed by atoms with E-state index in [2.05, 4.69) is 41.4 Å². The predicted octanol–water partition coefficient (Wildman–Crippen LogP) is 4.29. The molecule has 0 spiro atoms. The molecule has 2 heteroatoms. The molecule has 0 heterocycles. The van der Waals surface area contributed by atoms with Crippen LogP contribution >= 0.6 is 11.5 Å². The molecule has 0 aromatic carbocycles. The van der Waals surface area contributed by atoms with Gasteiger partial charge >= 0.3 is 0 Å². The van der Waals surface area contributed by atoms with Gasteiger partial charge in [-0.2, -0.15) is 11.5 Å². The summed E-state index contributed by atoms with van der Waals surface area (Å²) >= 11 is 6.28. The van der Waals surface area contributed by atoms with Gasteiger partial charge in [-0.25, -0.2) is 0 Å². The first-order valence-corrected chi connectivity index (χ1v) is 5.27. The van der Waals surface area contributed by atoms with E-state index >= 15 is 0 Å². The highest BCUT2D eigenvalue weighted by molar-refractivity contribution is 7.08. The van der Waals surface area contributed by atoms with Gasteiger partial charge in [0.15, 0.2) is 0 Å². The Kier molecular flexibility index (Phi) is 2.69. The zero-order chi connectivity index (χ0) is 10.4. The Morgan fingerprint density at radius 3 is 1.46 bits per heavy atom. The SMILES string of the molecule is CB(Cl)C1(C)C(C)=C(C)C(C)=C1C. The van der Waals surface area contributed by atoms with Crippen LogP contribution in [0.2, 0.25) is 12.1 Å². The summed E-state index contributed by atoms with van der Waals surface area (Å²) in [6.07, 6.45) is 0.167. The van der Waals surface area contributed by atoms with E-state index in [9.17, 15) is 0 Å². The molecule has 0 saturated heterocycles. The minimum Gasteiger partial charge on any atom is -0.195 e. The Balaban J connectivity index is 3.31. The van der Waals surface area contributed by atoms with Gasteiger partial charge in [0.25, 0.3) is 6.13 Å². The molecule has 1 aliphatic rings. The Bertz CT molecular complexity index is 273. The fraction of sp³-hybridized carbons (Fsp3) is 0.636. The monoisotopic (exact) mass is 196 g/mol. The second-order valence-electron chi connectivity index (χ2n) is 4.32. The molecule has 0 unspecified atom stereocenters. The van der Waals surface area contributed by atoms with Crippen LogP contribution in [0.5, 0.6) is 0 Å². The van der Waals surface area contributed by atoms with Crippen LogP contribution in [0.1, 0.15) is 34.6 Å². The molecule has 0 amide bonds. The van der Waals surface area contributed by atoms with Crippen LogP contribution in [0.15, 0.2) is 22.3 Å². The average molecular weight is 197 g/mol. The van der Waals surface area contributed by atoms with Crippen LogP contribution in [0.4, 0.5) is 0 Å². The van der Waals surface area contributed by atoms with Gasteiger partial charge in [0.1, 0.15) is 0 Å². The zero-order valence-electron chi connectivity index (χ0n) is 9.46. The molecular weight excluding hydrogens is 178 g/mol. The normalized spacial score (nSPS) is 21.5. The topological polar surface area (TPSA) is 0 Å². The molecule has 72 valence electrons. The van der Waals surface area contributed by atoms with Gasteiger partial charge in [-0.1, -0.05) is 24.9 Å². The first-order valence-electron chi connectivity index (χ1n) is 4.83. The minimum absolute atomic E-state index is 0.0791. The summed E-state index contributed by atoms with van der Waals surface area (Å²) in [6.45, 7) is 13.1. The maximum atomic E-state index is 6.28. The van der Waals surface area contributed by atoms with Gasteiger partial charge in [-0.15, -0.1) is 0 Å². The maximum Gasteiger partial charge on any atom is 0.261 e. The van der Waals surface area contributed by atoms with E-state index in [1.807, 2.05) is 0 Å². The van der Waals surface area contributed by atoms with Gasteiger partial charge < -0.3 is 0 Å². The first-order chi connectivity index (χ1) is 5.83. The largest absolute Gasteiger partial charge is 0.261 e. The molecule has 0 radical (unpaired) electrons. The fourth-order valence-corrected chi connectivity index (χ4v) is 2.55. The third-order valence-corrected chi connectivity index (χ3v) is 4.48. The summed E-state index contributed by atoms with van der Waals surface area (Å²) < 4.78 is 0. The lowest BCUT2D eigenvalue weighted by molar-refractivity contribution is 0.825. The van der Waals surface area contributed by atoms with E-state index < -0.39 is 0 Å². The summed E-state index contributed by atoms with van der Waals surface area (Å²) in [6, 6.07) is 0. The second kappa shape index (κ2) is 3.20. The van der Waals surface area contributed by atoms with Crippen molar-refractivity contribution in [1.82, 2.24) is 0 Å². The number of allylic oxidation sites excluding steroid dienone is 4. The van der Waals surface area contributed by atoms with Crippen molar-refractivity contribution in [3.8, 4) is 0 Å². The van der Waals surface area contributed by atoms with Crippen LogP contribution in [-0.2, 0) is 0 Å². The lowest BCUT2D eigenvalue weighted by Gasteiger charge is -2.30. The van der Waals surface area contributed by atoms with Crippen molar-refractivity contribution in [3.63, 3.8) is 0 Å². The smallest absolute Gasteiger partial charge is 0.195 e. The van der Waals surface area contributed by atoms with Gasteiger partial charge in [-0.05, 0) is 38.8 Å². The highest BCUT2D eigenvalue weighted by Crippen LogP contribution is 2.54. The number of halogens is 1. The molecule has 0 bridgehead atoms. The van der Waals surface area contributed by atoms with E-state index in [-0.39, 0.29) is 11.4 Å². The maximum absolute atomic E-state index is 6.28. The molecular formula is C11H18BCl. The van der Waals surface area contributed by atoms with Crippen LogP contribution in [0, 0.1) is 0 Å². The van der Waals surface area contributed by atoms with Crippen molar-refractivity contribution in [2.45, 2.75) is 46.8 Å². The minimum atomic E-state index is 0.0791. The fourth-order valence-electron chi connectivity index (χ4n) is 2.22. The zero-order valence-corrected chi connectivity index (χ0v) is 10.2. The molecule has 1 rings (SSSR count). The van der Waals surface area contributed by atoms with Crippen LogP contribution in [-0.4, -0.2) is 6.13 Å². The van der Waals surface area contributed by atoms with Gasteiger partial charge in [-0.3, -0.25) is 0 Å². The van der Waals surface area contributed by atoms with Crippen molar-refractivity contribution in [2.24, 2.45) is 0 Å². The predicted molar refractivity (Wildman–Crippen MR) is 62.6 cm³/mol. The van der Waals surface area contributed by atoms with Gasteiger partial charge in [0.05, 0.1) is 0 Å². The standard InChI is InChI=1S/C11H18BCl/c1-7-8(2)10(4)11(5,9(7)3)12(6)13/h1-6H3. The van der Waals surface area contributed by atoms with Gasteiger partial charge in [0, 0.05) is 5.31 Å². The third-order valence-electron chi connectivity index (χ3n) is 4.04. The summed E-state index contributed by atoms with van der Waals surface area (Å²) in [4.78, 5) is 0. The van der Waals surface area contributed by atoms with Crippen molar-refractivity contribution >= 4 is 17.6 Å². The summed E-state index contributed by atoms with van der Waals surface area (Å²) in [5.41, 5.74) is 5.72. The van der Waals surface area contributed by atoms with Crippen molar-refractivity contribution in [2.75, 3.05) is 0 Å². The molecule has 0 aromatic heterocycles. The first kappa shape index (κ1) is 10.9. The van der Waals surface area contributed by atoms with Crippen LogP contribution in [0.25, 0.3) is 0 Å². The highest BCUT2D eigenvalue weighted by atomic mass is 35.5. The highest BCUT2D eigenvalue weighted by Gasteiger charge is 2.41. The molecule has 0 atom stereocenters. The Labute approximate surface area is 87.0 Å². The quantitative estimate of drug-likeness (QED) is 0.549. The Hall–Kier alpha value is -0.165. The van der Waals surface area contributed by atoms with Gasteiger partial charge in [0.2, 0.25) is 0 Å². The van der Waals surface area contributed by atoms with E-state index in [4.69, 9.17) is 11.5 Å². The average Bonchev–Trinajstić information content (AvgIpc) is 2.22. The van der Waals surface area contributed by atoms with Crippen LogP contribution < -0.4 is 0 Å². The van der Waals surface area contributed by atoms with Crippen molar-refractivity contribution < 1.29 is 0 Å². The summed E-state index contributed by atoms with van der Waals surface area (Å²) in [5, 5.41) is 0.0791. The number of rotatable bonds is 1. The second-order valence-corrected chi connectivity index (χ2v) is 4.97. The molecule has 13 heavy (non-hydrogen) atoms.